The number of piperazine rings is 1. The minimum absolute atomic E-state index is 0.0334. The lowest BCUT2D eigenvalue weighted by Crippen LogP contribution is -2.47. The molecule has 0 amide bonds. The zero-order valence-corrected chi connectivity index (χ0v) is 18.1. The Kier molecular flexibility index (Phi) is 6.46. The molecule has 0 unspecified atom stereocenters. The quantitative estimate of drug-likeness (QED) is 0.683. The number of hydrogen-bond donors (Lipinski definition) is 0. The first kappa shape index (κ1) is 20.3. The summed E-state index contributed by atoms with van der Waals surface area (Å²) >= 11 is 1.88. The second kappa shape index (κ2) is 9.23. The van der Waals surface area contributed by atoms with Crippen molar-refractivity contribution in [1.29, 1.82) is 0 Å². The van der Waals surface area contributed by atoms with Gasteiger partial charge >= 0.3 is 0 Å². The molecule has 1 saturated heterocycles. The van der Waals surface area contributed by atoms with Crippen molar-refractivity contribution >= 4 is 17.7 Å². The molecule has 0 spiro atoms. The summed E-state index contributed by atoms with van der Waals surface area (Å²) in [4.78, 5) is 27.9. The fourth-order valence-electron chi connectivity index (χ4n) is 3.74. The third-order valence-electron chi connectivity index (χ3n) is 5.50. The number of anilines is 1. The highest BCUT2D eigenvalue weighted by atomic mass is 32.2. The lowest BCUT2D eigenvalue weighted by atomic mass is 10.2. The van der Waals surface area contributed by atoms with E-state index in [9.17, 15) is 4.79 Å². The Bertz CT molecular complexity index is 875. The van der Waals surface area contributed by atoms with Crippen LogP contribution in [0.2, 0.25) is 0 Å². The van der Waals surface area contributed by atoms with E-state index in [0.29, 0.717) is 6.54 Å². The highest BCUT2D eigenvalue weighted by Gasteiger charge is 2.18. The average Bonchev–Trinajstić information content (AvgIpc) is 2.73. The van der Waals surface area contributed by atoms with Crippen LogP contribution >= 0.6 is 11.8 Å². The van der Waals surface area contributed by atoms with E-state index in [0.717, 1.165) is 80.0 Å². The molecule has 0 aliphatic carbocycles. The average molecular weight is 416 g/mol. The van der Waals surface area contributed by atoms with E-state index in [2.05, 4.69) is 24.9 Å². The summed E-state index contributed by atoms with van der Waals surface area (Å²) in [7, 11) is 3.89. The predicted molar refractivity (Wildman–Crippen MR) is 116 cm³/mol. The second-order valence-electron chi connectivity index (χ2n) is 7.88. The first-order valence-corrected chi connectivity index (χ1v) is 11.3. The first-order chi connectivity index (χ1) is 14.1. The lowest BCUT2D eigenvalue weighted by molar-refractivity contribution is 0.122. The van der Waals surface area contributed by atoms with Gasteiger partial charge in [-0.2, -0.15) is 16.9 Å². The van der Waals surface area contributed by atoms with Gasteiger partial charge in [-0.3, -0.25) is 14.6 Å². The molecule has 156 valence electrons. The maximum Gasteiger partial charge on any atom is 0.267 e. The standard InChI is InChI=1S/C20H29N7OS/c1-24(2)20-21-12-16(13-22-20)14-26-6-4-25(5-7-26)8-9-27-19(28)11-17-15-29-10-3-18(17)23-27/h11-13H,3-10,14-15H2,1-2H3. The molecule has 0 atom stereocenters. The summed E-state index contributed by atoms with van der Waals surface area (Å²) in [6.07, 6.45) is 4.81. The molecule has 8 nitrogen and oxygen atoms in total. The SMILES string of the molecule is CN(C)c1ncc(CN2CCN(CCn3nc4c(cc3=O)CSCC4)CC2)cn1. The van der Waals surface area contributed by atoms with E-state index in [1.807, 2.05) is 43.2 Å². The third kappa shape index (κ3) is 5.15. The molecule has 2 aromatic heterocycles. The molecule has 0 radical (unpaired) electrons. The summed E-state index contributed by atoms with van der Waals surface area (Å²) in [5.74, 6) is 2.76. The van der Waals surface area contributed by atoms with Crippen molar-refractivity contribution in [3.8, 4) is 0 Å². The Morgan fingerprint density at radius 1 is 1.07 bits per heavy atom. The van der Waals surface area contributed by atoms with E-state index < -0.39 is 0 Å². The number of aromatic nitrogens is 4. The fraction of sp³-hybridized carbons (Fsp3) is 0.600. The van der Waals surface area contributed by atoms with Crippen molar-refractivity contribution in [2.75, 3.05) is 57.5 Å². The van der Waals surface area contributed by atoms with Gasteiger partial charge < -0.3 is 4.90 Å². The monoisotopic (exact) mass is 415 g/mol. The van der Waals surface area contributed by atoms with Gasteiger partial charge in [0.15, 0.2) is 0 Å². The van der Waals surface area contributed by atoms with E-state index >= 15 is 0 Å². The maximum absolute atomic E-state index is 12.3. The van der Waals surface area contributed by atoms with Gasteiger partial charge in [-0.25, -0.2) is 14.6 Å². The smallest absolute Gasteiger partial charge is 0.267 e. The van der Waals surface area contributed by atoms with Gasteiger partial charge in [0, 0.05) is 89.6 Å². The van der Waals surface area contributed by atoms with Crippen LogP contribution in [0.1, 0.15) is 16.8 Å². The maximum atomic E-state index is 12.3. The van der Waals surface area contributed by atoms with Crippen LogP contribution in [0.25, 0.3) is 0 Å². The van der Waals surface area contributed by atoms with Crippen LogP contribution in [0.5, 0.6) is 0 Å². The highest BCUT2D eigenvalue weighted by molar-refractivity contribution is 7.98. The fourth-order valence-corrected chi connectivity index (χ4v) is 4.69. The topological polar surface area (TPSA) is 70.4 Å². The zero-order valence-electron chi connectivity index (χ0n) is 17.3. The normalized spacial score (nSPS) is 17.9. The molecule has 1 fully saturated rings. The number of hydrogen-bond acceptors (Lipinski definition) is 8. The van der Waals surface area contributed by atoms with Crippen LogP contribution in [0.4, 0.5) is 5.95 Å². The molecule has 9 heteroatoms. The van der Waals surface area contributed by atoms with Gasteiger partial charge in [0.1, 0.15) is 0 Å². The van der Waals surface area contributed by atoms with Crippen molar-refractivity contribution in [2.24, 2.45) is 0 Å². The number of nitrogens with zero attached hydrogens (tertiary/aromatic N) is 7. The summed E-state index contributed by atoms with van der Waals surface area (Å²) in [6, 6.07) is 1.79. The third-order valence-corrected chi connectivity index (χ3v) is 6.50. The zero-order chi connectivity index (χ0) is 20.2. The molecule has 29 heavy (non-hydrogen) atoms. The van der Waals surface area contributed by atoms with Crippen LogP contribution in [0.3, 0.4) is 0 Å². The van der Waals surface area contributed by atoms with Crippen molar-refractivity contribution in [3.63, 3.8) is 0 Å². The Balaban J connectivity index is 1.25. The molecule has 4 heterocycles. The van der Waals surface area contributed by atoms with E-state index in [-0.39, 0.29) is 5.56 Å². The second-order valence-corrected chi connectivity index (χ2v) is 8.99. The van der Waals surface area contributed by atoms with Gasteiger partial charge in [0.05, 0.1) is 12.2 Å². The molecular weight excluding hydrogens is 386 g/mol. The number of rotatable bonds is 6. The Morgan fingerprint density at radius 3 is 2.52 bits per heavy atom. The lowest BCUT2D eigenvalue weighted by Gasteiger charge is -2.34. The van der Waals surface area contributed by atoms with Gasteiger partial charge in [-0.15, -0.1) is 0 Å². The number of fused-ring (bicyclic) bond motifs is 1. The summed E-state index contributed by atoms with van der Waals surface area (Å²) < 4.78 is 1.66. The van der Waals surface area contributed by atoms with Crippen molar-refractivity contribution in [2.45, 2.75) is 25.3 Å². The molecule has 2 aliphatic heterocycles. The predicted octanol–water partition coefficient (Wildman–Crippen LogP) is 0.706. The van der Waals surface area contributed by atoms with E-state index in [1.165, 1.54) is 0 Å². The molecule has 0 aromatic carbocycles. The molecule has 0 saturated carbocycles. The van der Waals surface area contributed by atoms with Crippen LogP contribution in [0.15, 0.2) is 23.3 Å². The number of aryl methyl sites for hydroxylation is 1. The largest absolute Gasteiger partial charge is 0.347 e. The van der Waals surface area contributed by atoms with E-state index in [1.54, 1.807) is 10.7 Å². The van der Waals surface area contributed by atoms with Crippen molar-refractivity contribution < 1.29 is 0 Å². The van der Waals surface area contributed by atoms with Gasteiger partial charge in [-0.1, -0.05) is 0 Å². The first-order valence-electron chi connectivity index (χ1n) is 10.2. The van der Waals surface area contributed by atoms with Crippen molar-refractivity contribution in [1.82, 2.24) is 29.5 Å². The van der Waals surface area contributed by atoms with Gasteiger partial charge in [0.2, 0.25) is 5.95 Å². The molecule has 2 aromatic rings. The molecular formula is C20H29N7OS. The molecule has 0 N–H and O–H groups in total. The van der Waals surface area contributed by atoms with E-state index in [4.69, 9.17) is 0 Å². The van der Waals surface area contributed by atoms with Crippen LogP contribution in [-0.2, 0) is 25.3 Å². The summed E-state index contributed by atoms with van der Waals surface area (Å²) in [6.45, 7) is 6.46. The molecule has 4 rings (SSSR count). The molecule has 2 aliphatic rings. The van der Waals surface area contributed by atoms with Crippen molar-refractivity contribution in [3.05, 3.63) is 45.6 Å². The van der Waals surface area contributed by atoms with Gasteiger partial charge in [-0.05, 0) is 11.3 Å². The Hall–Kier alpha value is -1.97. The Labute approximate surface area is 175 Å². The molecule has 0 bridgehead atoms. The van der Waals surface area contributed by atoms with Crippen LogP contribution in [-0.4, -0.2) is 82.1 Å². The minimum Gasteiger partial charge on any atom is -0.347 e. The van der Waals surface area contributed by atoms with Gasteiger partial charge in [0.25, 0.3) is 5.56 Å². The summed E-state index contributed by atoms with van der Waals surface area (Å²) in [5, 5.41) is 4.62. The summed E-state index contributed by atoms with van der Waals surface area (Å²) in [5.41, 5.74) is 3.41. The number of thioether (sulfide) groups is 1. The van der Waals surface area contributed by atoms with Crippen LogP contribution < -0.4 is 10.5 Å². The van der Waals surface area contributed by atoms with Crippen LogP contribution in [0, 0.1) is 0 Å². The Morgan fingerprint density at radius 2 is 1.79 bits per heavy atom. The highest BCUT2D eigenvalue weighted by Crippen LogP contribution is 2.21. The minimum atomic E-state index is 0.0334.